The molecule has 2 atom stereocenters. The van der Waals surface area contributed by atoms with E-state index in [1.807, 2.05) is 6.92 Å². The summed E-state index contributed by atoms with van der Waals surface area (Å²) in [4.78, 5) is 10.7. The lowest BCUT2D eigenvalue weighted by Gasteiger charge is -2.25. The first-order valence-corrected chi connectivity index (χ1v) is 3.25. The van der Waals surface area contributed by atoms with E-state index in [1.165, 1.54) is 0 Å². The largest absolute Gasteiger partial charge is 0.352 e. The van der Waals surface area contributed by atoms with Gasteiger partial charge in [-0.2, -0.15) is 0 Å². The summed E-state index contributed by atoms with van der Waals surface area (Å²) in [5.41, 5.74) is 5.63. The van der Waals surface area contributed by atoms with Gasteiger partial charge in [0.25, 0.3) is 0 Å². The lowest BCUT2D eigenvalue weighted by molar-refractivity contribution is -0.123. The highest BCUT2D eigenvalue weighted by Crippen LogP contribution is 2.05. The zero-order valence-electron chi connectivity index (χ0n) is 5.55. The molecule has 1 fully saturated rings. The average molecular weight is 128 g/mol. The summed E-state index contributed by atoms with van der Waals surface area (Å²) in [6.45, 7) is 1.93. The Bertz CT molecular complexity index is 124. The van der Waals surface area contributed by atoms with Gasteiger partial charge >= 0.3 is 0 Å². The Morgan fingerprint density at radius 3 is 2.89 bits per heavy atom. The van der Waals surface area contributed by atoms with Crippen molar-refractivity contribution in [3.05, 3.63) is 0 Å². The van der Waals surface area contributed by atoms with Crippen molar-refractivity contribution >= 4 is 5.91 Å². The van der Waals surface area contributed by atoms with E-state index < -0.39 is 0 Å². The van der Waals surface area contributed by atoms with Crippen molar-refractivity contribution in [2.24, 2.45) is 5.73 Å². The van der Waals surface area contributed by atoms with Gasteiger partial charge in [0.15, 0.2) is 0 Å². The molecule has 1 aliphatic heterocycles. The summed E-state index contributed by atoms with van der Waals surface area (Å²) in [7, 11) is 0. The van der Waals surface area contributed by atoms with Crippen molar-refractivity contribution in [1.29, 1.82) is 0 Å². The molecule has 0 radical (unpaired) electrons. The number of hydrogen-bond acceptors (Lipinski definition) is 2. The van der Waals surface area contributed by atoms with E-state index in [-0.39, 0.29) is 18.0 Å². The number of carbonyl (C=O) groups excluding carboxylic acids is 1. The molecule has 3 nitrogen and oxygen atoms in total. The second-order valence-electron chi connectivity index (χ2n) is 2.56. The first-order valence-electron chi connectivity index (χ1n) is 3.25. The van der Waals surface area contributed by atoms with E-state index >= 15 is 0 Å². The Morgan fingerprint density at radius 1 is 1.78 bits per heavy atom. The third kappa shape index (κ3) is 1.42. The summed E-state index contributed by atoms with van der Waals surface area (Å²) in [6.07, 6.45) is 1.42. The Morgan fingerprint density at radius 2 is 2.44 bits per heavy atom. The fraction of sp³-hybridized carbons (Fsp3) is 0.833. The van der Waals surface area contributed by atoms with Crippen LogP contribution in [0.25, 0.3) is 0 Å². The number of rotatable bonds is 0. The topological polar surface area (TPSA) is 55.1 Å². The molecule has 0 bridgehead atoms. The SMILES string of the molecule is CC1NC(=O)CCC1N. The predicted molar refractivity (Wildman–Crippen MR) is 34.8 cm³/mol. The number of piperidine rings is 1. The van der Waals surface area contributed by atoms with Gasteiger partial charge in [-0.25, -0.2) is 0 Å². The summed E-state index contributed by atoms with van der Waals surface area (Å²) in [5, 5.41) is 2.77. The first-order chi connectivity index (χ1) is 4.20. The highest BCUT2D eigenvalue weighted by atomic mass is 16.1. The van der Waals surface area contributed by atoms with Crippen LogP contribution in [0.2, 0.25) is 0 Å². The number of carbonyl (C=O) groups is 1. The summed E-state index contributed by atoms with van der Waals surface area (Å²) in [6, 6.07) is 0.314. The van der Waals surface area contributed by atoms with Gasteiger partial charge in [0.1, 0.15) is 0 Å². The van der Waals surface area contributed by atoms with Gasteiger partial charge in [-0.1, -0.05) is 0 Å². The monoisotopic (exact) mass is 128 g/mol. The third-order valence-electron chi connectivity index (χ3n) is 1.74. The Balaban J connectivity index is 2.44. The van der Waals surface area contributed by atoms with Gasteiger partial charge in [-0.3, -0.25) is 4.79 Å². The van der Waals surface area contributed by atoms with Crippen molar-refractivity contribution in [3.63, 3.8) is 0 Å². The fourth-order valence-electron chi connectivity index (χ4n) is 0.981. The fourth-order valence-corrected chi connectivity index (χ4v) is 0.981. The lowest BCUT2D eigenvalue weighted by Crippen LogP contribution is -2.50. The van der Waals surface area contributed by atoms with Crippen LogP contribution in [0.15, 0.2) is 0 Å². The molecule has 0 spiro atoms. The molecule has 1 heterocycles. The molecule has 3 heteroatoms. The van der Waals surface area contributed by atoms with E-state index in [9.17, 15) is 4.79 Å². The molecular weight excluding hydrogens is 116 g/mol. The molecule has 1 amide bonds. The maximum absolute atomic E-state index is 10.7. The molecule has 0 aromatic rings. The van der Waals surface area contributed by atoms with Crippen molar-refractivity contribution in [2.75, 3.05) is 0 Å². The maximum Gasteiger partial charge on any atom is 0.220 e. The molecule has 0 aromatic carbocycles. The van der Waals surface area contributed by atoms with E-state index in [0.29, 0.717) is 6.42 Å². The highest BCUT2D eigenvalue weighted by molar-refractivity contribution is 5.77. The Kier molecular flexibility index (Phi) is 1.71. The number of hydrogen-bond donors (Lipinski definition) is 2. The van der Waals surface area contributed by atoms with Gasteiger partial charge < -0.3 is 11.1 Å². The van der Waals surface area contributed by atoms with Crippen LogP contribution < -0.4 is 11.1 Å². The lowest BCUT2D eigenvalue weighted by atomic mass is 10.0. The van der Waals surface area contributed by atoms with Gasteiger partial charge in [0.2, 0.25) is 5.91 Å². The van der Waals surface area contributed by atoms with Crippen LogP contribution in [-0.4, -0.2) is 18.0 Å². The number of nitrogens with two attached hydrogens (primary N) is 1. The smallest absolute Gasteiger partial charge is 0.220 e. The second-order valence-corrected chi connectivity index (χ2v) is 2.56. The molecule has 52 valence electrons. The van der Waals surface area contributed by atoms with Crippen LogP contribution in [0.1, 0.15) is 19.8 Å². The van der Waals surface area contributed by atoms with Crippen molar-refractivity contribution in [3.8, 4) is 0 Å². The van der Waals surface area contributed by atoms with Gasteiger partial charge in [-0.15, -0.1) is 0 Å². The van der Waals surface area contributed by atoms with Gasteiger partial charge in [-0.05, 0) is 13.3 Å². The van der Waals surface area contributed by atoms with E-state index in [4.69, 9.17) is 5.73 Å². The predicted octanol–water partition coefficient (Wildman–Crippen LogP) is -0.388. The summed E-state index contributed by atoms with van der Waals surface area (Å²) >= 11 is 0. The molecule has 0 aromatic heterocycles. The third-order valence-corrected chi connectivity index (χ3v) is 1.74. The van der Waals surface area contributed by atoms with Crippen LogP contribution in [0.5, 0.6) is 0 Å². The zero-order chi connectivity index (χ0) is 6.85. The van der Waals surface area contributed by atoms with Crippen LogP contribution >= 0.6 is 0 Å². The molecule has 0 saturated carbocycles. The number of amides is 1. The standard InChI is InChI=1S/C6H12N2O/c1-4-5(7)2-3-6(9)8-4/h4-5H,2-3,7H2,1H3,(H,8,9). The van der Waals surface area contributed by atoms with Crippen molar-refractivity contribution < 1.29 is 4.79 Å². The minimum absolute atomic E-state index is 0.129. The quantitative estimate of drug-likeness (QED) is 0.467. The summed E-state index contributed by atoms with van der Waals surface area (Å²) < 4.78 is 0. The highest BCUT2D eigenvalue weighted by Gasteiger charge is 2.20. The molecular formula is C6H12N2O. The van der Waals surface area contributed by atoms with Crippen molar-refractivity contribution in [2.45, 2.75) is 31.8 Å². The minimum Gasteiger partial charge on any atom is -0.352 e. The number of nitrogens with one attached hydrogen (secondary N) is 1. The van der Waals surface area contributed by atoms with Crippen LogP contribution in [-0.2, 0) is 4.79 Å². The van der Waals surface area contributed by atoms with E-state index in [1.54, 1.807) is 0 Å². The van der Waals surface area contributed by atoms with Gasteiger partial charge in [0, 0.05) is 18.5 Å². The molecule has 3 N–H and O–H groups in total. The Hall–Kier alpha value is -0.570. The molecule has 2 unspecified atom stereocenters. The van der Waals surface area contributed by atoms with Crippen LogP contribution in [0.3, 0.4) is 0 Å². The minimum atomic E-state index is 0.129. The molecule has 1 saturated heterocycles. The van der Waals surface area contributed by atoms with Crippen LogP contribution in [0, 0.1) is 0 Å². The van der Waals surface area contributed by atoms with E-state index in [2.05, 4.69) is 5.32 Å². The Labute approximate surface area is 54.6 Å². The van der Waals surface area contributed by atoms with Gasteiger partial charge in [0.05, 0.1) is 0 Å². The zero-order valence-corrected chi connectivity index (χ0v) is 5.55. The molecule has 9 heavy (non-hydrogen) atoms. The molecule has 1 aliphatic rings. The second kappa shape index (κ2) is 2.35. The maximum atomic E-state index is 10.7. The van der Waals surface area contributed by atoms with Crippen LogP contribution in [0.4, 0.5) is 0 Å². The van der Waals surface area contributed by atoms with Crippen molar-refractivity contribution in [1.82, 2.24) is 5.32 Å². The molecule has 1 rings (SSSR count). The normalized spacial score (nSPS) is 36.0. The molecule has 0 aliphatic carbocycles. The first kappa shape index (κ1) is 6.55. The average Bonchev–Trinajstić information content (AvgIpc) is 1.80. The summed E-state index contributed by atoms with van der Waals surface area (Å²) in [5.74, 6) is 0.129. The van der Waals surface area contributed by atoms with E-state index in [0.717, 1.165) is 6.42 Å².